The van der Waals surface area contributed by atoms with Crippen molar-refractivity contribution in [3.05, 3.63) is 24.0 Å². The summed E-state index contributed by atoms with van der Waals surface area (Å²) in [6, 6.07) is 0.778. The van der Waals surface area contributed by atoms with Crippen LogP contribution >= 0.6 is 0 Å². The molecule has 0 N–H and O–H groups in total. The van der Waals surface area contributed by atoms with Gasteiger partial charge in [0.05, 0.1) is 0 Å². The van der Waals surface area contributed by atoms with Crippen molar-refractivity contribution in [1.82, 2.24) is 4.98 Å². The summed E-state index contributed by atoms with van der Waals surface area (Å²) in [4.78, 5) is 13.4. The van der Waals surface area contributed by atoms with E-state index in [9.17, 15) is 17.7 Å². The van der Waals surface area contributed by atoms with Gasteiger partial charge in [-0.3, -0.25) is 9.78 Å². The molecule has 0 unspecified atom stereocenters. The predicted molar refractivity (Wildman–Crippen MR) is 38.3 cm³/mol. The number of hydrogen-bond acceptors (Lipinski definition) is 2. The second-order valence-corrected chi connectivity index (χ2v) is 2.24. The maximum absolute atomic E-state index is 12.0. The smallest absolute Gasteiger partial charge is 0.445 e. The Balaban J connectivity index is 3.10. The Morgan fingerprint density at radius 2 is 2.00 bits per heavy atom. The van der Waals surface area contributed by atoms with Crippen molar-refractivity contribution in [2.75, 3.05) is 0 Å². The summed E-state index contributed by atoms with van der Waals surface area (Å²) >= 11 is 0. The number of halogens is 3. The Morgan fingerprint density at radius 3 is 2.50 bits per heavy atom. The van der Waals surface area contributed by atoms with Crippen LogP contribution < -0.4 is 5.46 Å². The van der Waals surface area contributed by atoms with Crippen LogP contribution in [0.15, 0.2) is 18.5 Å². The molecule has 0 saturated heterocycles. The average molecular weight is 174 g/mol. The van der Waals surface area contributed by atoms with Crippen LogP contribution in [0.1, 0.15) is 10.4 Å². The molecule has 1 aromatic heterocycles. The number of aromatic nitrogens is 1. The third-order valence-corrected chi connectivity index (χ3v) is 1.29. The number of carbonyl (C=O) groups excluding carboxylic acids is 1. The van der Waals surface area contributed by atoms with Crippen LogP contribution in [0.5, 0.6) is 0 Å². The van der Waals surface area contributed by atoms with Gasteiger partial charge in [-0.1, -0.05) is 11.5 Å². The van der Waals surface area contributed by atoms with Crippen molar-refractivity contribution < 1.29 is 17.7 Å². The fourth-order valence-corrected chi connectivity index (χ4v) is 0.720. The molecule has 0 aliphatic rings. The molecule has 0 atom stereocenters. The van der Waals surface area contributed by atoms with Crippen LogP contribution in [0.4, 0.5) is 12.9 Å². The third-order valence-electron chi connectivity index (χ3n) is 1.29. The molecule has 1 aromatic rings. The highest BCUT2D eigenvalue weighted by Crippen LogP contribution is 2.08. The second kappa shape index (κ2) is 2.96. The lowest BCUT2D eigenvalue weighted by molar-refractivity contribution is 0.112. The molecule has 64 valence electrons. The molecule has 2 nitrogen and oxygen atoms in total. The van der Waals surface area contributed by atoms with E-state index in [1.807, 2.05) is 0 Å². The van der Waals surface area contributed by atoms with Crippen LogP contribution in [-0.4, -0.2) is 18.2 Å². The molecule has 0 spiro atoms. The molecule has 0 fully saturated rings. The van der Waals surface area contributed by atoms with Crippen molar-refractivity contribution >= 4 is 18.7 Å². The van der Waals surface area contributed by atoms with Crippen LogP contribution in [0.3, 0.4) is 0 Å². The fraction of sp³-hybridized carbons (Fsp3) is 0. The maximum atomic E-state index is 12.0. The van der Waals surface area contributed by atoms with E-state index in [-0.39, 0.29) is 5.56 Å². The zero-order valence-corrected chi connectivity index (χ0v) is 5.88. The van der Waals surface area contributed by atoms with Gasteiger partial charge in [-0.25, -0.2) is 0 Å². The molecule has 0 amide bonds. The number of aldehydes is 1. The number of carbonyl (C=O) groups is 1. The van der Waals surface area contributed by atoms with Crippen LogP contribution in [0.2, 0.25) is 0 Å². The van der Waals surface area contributed by atoms with E-state index < -0.39 is 12.4 Å². The summed E-state index contributed by atoms with van der Waals surface area (Å²) in [5.74, 6) is 0. The molecule has 6 heteroatoms. The van der Waals surface area contributed by atoms with Crippen molar-refractivity contribution in [3.8, 4) is 0 Å². The van der Waals surface area contributed by atoms with Crippen molar-refractivity contribution in [1.29, 1.82) is 0 Å². The van der Waals surface area contributed by atoms with Gasteiger partial charge in [-0.15, -0.1) is 0 Å². The van der Waals surface area contributed by atoms with E-state index in [0.29, 0.717) is 12.5 Å². The zero-order chi connectivity index (χ0) is 9.19. The first-order valence-electron chi connectivity index (χ1n) is 3.14. The molecule has 0 aliphatic heterocycles. The SMILES string of the molecule is O=Cc1cncc([B-](F)(F)F)c1. The van der Waals surface area contributed by atoms with Crippen LogP contribution in [0.25, 0.3) is 0 Å². The van der Waals surface area contributed by atoms with E-state index >= 15 is 0 Å². The number of rotatable bonds is 2. The highest BCUT2D eigenvalue weighted by molar-refractivity contribution is 6.73. The van der Waals surface area contributed by atoms with E-state index in [1.54, 1.807) is 0 Å². The summed E-state index contributed by atoms with van der Waals surface area (Å²) in [6.07, 6.45) is 2.11. The molecular formula is C6H4BF3NO-. The highest BCUT2D eigenvalue weighted by atomic mass is 19.4. The van der Waals surface area contributed by atoms with Gasteiger partial charge >= 0.3 is 6.98 Å². The van der Waals surface area contributed by atoms with Crippen molar-refractivity contribution in [2.24, 2.45) is 0 Å². The summed E-state index contributed by atoms with van der Waals surface area (Å²) in [5.41, 5.74) is -0.911. The Labute approximate surface area is 66.5 Å². The van der Waals surface area contributed by atoms with Gasteiger partial charge in [0, 0.05) is 11.8 Å². The monoisotopic (exact) mass is 174 g/mol. The Bertz CT molecular complexity index is 299. The topological polar surface area (TPSA) is 30.0 Å². The predicted octanol–water partition coefficient (Wildman–Crippen LogP) is 0.949. The normalized spacial score (nSPS) is 11.2. The first-order valence-corrected chi connectivity index (χ1v) is 3.14. The number of nitrogens with zero attached hydrogens (tertiary/aromatic N) is 1. The average Bonchev–Trinajstić information content (AvgIpc) is 2.03. The highest BCUT2D eigenvalue weighted by Gasteiger charge is 2.25. The fourth-order valence-electron chi connectivity index (χ4n) is 0.720. The quantitative estimate of drug-likeness (QED) is 0.493. The molecule has 0 aliphatic carbocycles. The molecule has 1 rings (SSSR count). The van der Waals surface area contributed by atoms with Crippen LogP contribution in [-0.2, 0) is 0 Å². The lowest BCUT2D eigenvalue weighted by atomic mass is 9.81. The largest absolute Gasteiger partial charge is 0.511 e. The molecule has 0 radical (unpaired) electrons. The summed E-state index contributed by atoms with van der Waals surface area (Å²) in [5, 5.41) is 0. The lowest BCUT2D eigenvalue weighted by Gasteiger charge is -2.13. The van der Waals surface area contributed by atoms with E-state index in [4.69, 9.17) is 0 Å². The third kappa shape index (κ3) is 1.84. The van der Waals surface area contributed by atoms with Gasteiger partial charge in [-0.2, -0.15) is 0 Å². The molecule has 0 bridgehead atoms. The van der Waals surface area contributed by atoms with Crippen molar-refractivity contribution in [2.45, 2.75) is 0 Å². The summed E-state index contributed by atoms with van der Waals surface area (Å²) in [7, 11) is 0. The Morgan fingerprint density at radius 1 is 1.33 bits per heavy atom. The minimum atomic E-state index is -5.05. The number of pyridine rings is 1. The molecular weight excluding hydrogens is 170 g/mol. The molecule has 0 aromatic carbocycles. The van der Waals surface area contributed by atoms with Gasteiger partial charge in [0.2, 0.25) is 0 Å². The van der Waals surface area contributed by atoms with Gasteiger partial charge in [0.1, 0.15) is 0 Å². The Kier molecular flexibility index (Phi) is 2.17. The summed E-state index contributed by atoms with van der Waals surface area (Å²) in [6.45, 7) is -5.05. The first kappa shape index (κ1) is 8.77. The molecule has 1 heterocycles. The van der Waals surface area contributed by atoms with E-state index in [1.165, 1.54) is 0 Å². The minimum absolute atomic E-state index is 0.0632. The van der Waals surface area contributed by atoms with Gasteiger partial charge < -0.3 is 12.9 Å². The van der Waals surface area contributed by atoms with Crippen molar-refractivity contribution in [3.63, 3.8) is 0 Å². The Hall–Kier alpha value is -1.33. The van der Waals surface area contributed by atoms with Crippen LogP contribution in [0, 0.1) is 0 Å². The summed E-state index contributed by atoms with van der Waals surface area (Å²) < 4.78 is 36.0. The number of hydrogen-bond donors (Lipinski definition) is 0. The van der Waals surface area contributed by atoms with Gasteiger partial charge in [-0.05, 0) is 6.20 Å². The first-order chi connectivity index (χ1) is 5.54. The lowest BCUT2D eigenvalue weighted by Crippen LogP contribution is -2.34. The zero-order valence-electron chi connectivity index (χ0n) is 5.88. The van der Waals surface area contributed by atoms with E-state index in [2.05, 4.69) is 4.98 Å². The van der Waals surface area contributed by atoms with Gasteiger partial charge in [0.25, 0.3) is 0 Å². The molecule has 0 saturated carbocycles. The second-order valence-electron chi connectivity index (χ2n) is 2.24. The van der Waals surface area contributed by atoms with E-state index in [0.717, 1.165) is 12.3 Å². The standard InChI is InChI=1S/C6H4BF3NO/c8-7(9,10)6-1-5(4-12)2-11-3-6/h1-4H/q-1. The minimum Gasteiger partial charge on any atom is -0.445 e. The molecule has 12 heavy (non-hydrogen) atoms. The van der Waals surface area contributed by atoms with Gasteiger partial charge in [0.15, 0.2) is 6.29 Å². The maximum Gasteiger partial charge on any atom is 0.511 e.